The Labute approximate surface area is 119 Å². The van der Waals surface area contributed by atoms with Gasteiger partial charge in [-0.1, -0.05) is 6.92 Å². The molecule has 4 N–H and O–H groups in total. The monoisotopic (exact) mass is 286 g/mol. The molecule has 0 aromatic rings. The van der Waals surface area contributed by atoms with E-state index in [2.05, 4.69) is 0 Å². The molecule has 2 fully saturated rings. The normalized spacial score (nSPS) is 48.5. The zero-order chi connectivity index (χ0) is 15.3. The number of rotatable bonds is 2. The van der Waals surface area contributed by atoms with Crippen LogP contribution in [0.5, 0.6) is 0 Å². The first kappa shape index (κ1) is 15.9. The van der Waals surface area contributed by atoms with E-state index in [1.807, 2.05) is 0 Å². The highest BCUT2D eigenvalue weighted by Crippen LogP contribution is 2.55. The number of hydrogen-bond donors (Lipinski definition) is 4. The second-order valence-electron chi connectivity index (χ2n) is 7.33. The average Bonchev–Trinajstić information content (AvgIpc) is 2.34. The molecule has 2 aliphatic rings. The highest BCUT2D eigenvalue weighted by atomic mass is 16.3. The molecule has 0 saturated heterocycles. The lowest BCUT2D eigenvalue weighted by atomic mass is 9.50. The Morgan fingerprint density at radius 1 is 1.35 bits per heavy atom. The predicted octanol–water partition coefficient (Wildman–Crippen LogP) is 0.237. The van der Waals surface area contributed by atoms with Crippen molar-refractivity contribution < 1.29 is 25.2 Å². The summed E-state index contributed by atoms with van der Waals surface area (Å²) in [6, 6.07) is 0. The maximum Gasteiger partial charge on any atom is 0.139 e. The lowest BCUT2D eigenvalue weighted by molar-refractivity contribution is -0.208. The van der Waals surface area contributed by atoms with E-state index in [1.54, 1.807) is 13.8 Å². The highest BCUT2D eigenvalue weighted by molar-refractivity contribution is 5.86. The summed E-state index contributed by atoms with van der Waals surface area (Å²) in [6.07, 6.45) is 0.633. The summed E-state index contributed by atoms with van der Waals surface area (Å²) in [5.41, 5.74) is -3.28. The molecule has 5 heteroatoms. The van der Waals surface area contributed by atoms with E-state index in [1.165, 1.54) is 6.92 Å². The Bertz CT molecular complexity index is 403. The number of hydrogen-bond acceptors (Lipinski definition) is 5. The fourth-order valence-corrected chi connectivity index (χ4v) is 4.36. The first-order valence-corrected chi connectivity index (χ1v) is 7.33. The van der Waals surface area contributed by atoms with Crippen molar-refractivity contribution in [3.05, 3.63) is 0 Å². The van der Waals surface area contributed by atoms with Crippen LogP contribution in [0.2, 0.25) is 0 Å². The summed E-state index contributed by atoms with van der Waals surface area (Å²) in [7, 11) is 0. The third kappa shape index (κ3) is 2.21. The number of carbonyl (C=O) groups excluding carboxylic acids is 1. The number of Topliss-reactive ketones (excluding diaryl/α,β-unsaturated/α-hetero) is 1. The molecule has 5 nitrogen and oxygen atoms in total. The molecular weight excluding hydrogens is 260 g/mol. The van der Waals surface area contributed by atoms with Crippen LogP contribution in [0, 0.1) is 17.3 Å². The van der Waals surface area contributed by atoms with Crippen LogP contribution in [0.25, 0.3) is 0 Å². The fourth-order valence-electron chi connectivity index (χ4n) is 4.36. The number of aliphatic hydroxyl groups is 4. The summed E-state index contributed by atoms with van der Waals surface area (Å²) < 4.78 is 0. The number of fused-ring (bicyclic) bond motifs is 1. The predicted molar refractivity (Wildman–Crippen MR) is 72.9 cm³/mol. The zero-order valence-corrected chi connectivity index (χ0v) is 12.5. The van der Waals surface area contributed by atoms with Gasteiger partial charge >= 0.3 is 0 Å². The van der Waals surface area contributed by atoms with Gasteiger partial charge in [0.1, 0.15) is 5.78 Å². The smallest absolute Gasteiger partial charge is 0.139 e. The minimum Gasteiger partial charge on any atom is -0.393 e. The highest BCUT2D eigenvalue weighted by Gasteiger charge is 2.61. The second-order valence-corrected chi connectivity index (χ2v) is 7.33. The lowest BCUT2D eigenvalue weighted by Crippen LogP contribution is -2.64. The number of ketones is 1. The summed E-state index contributed by atoms with van der Waals surface area (Å²) >= 11 is 0. The Morgan fingerprint density at radius 2 is 1.95 bits per heavy atom. The molecule has 0 unspecified atom stereocenters. The fraction of sp³-hybridized carbons (Fsp3) is 0.933. The van der Waals surface area contributed by atoms with Crippen LogP contribution >= 0.6 is 0 Å². The standard InChI is InChI=1S/C15H26O5/c1-13-6-4-9(15(3,20)8-16)11(18)12(13)14(2,19)7-5-10(13)17/h9,11-12,16,18-20H,4-8H2,1-3H3/t9-,11-,12-,13+,14+,15-/m1/s1. The van der Waals surface area contributed by atoms with Crippen molar-refractivity contribution in [3.8, 4) is 0 Å². The molecule has 2 rings (SSSR count). The molecule has 0 spiro atoms. The molecular formula is C15H26O5. The van der Waals surface area contributed by atoms with Crippen molar-refractivity contribution in [2.75, 3.05) is 6.61 Å². The van der Waals surface area contributed by atoms with Crippen LogP contribution in [-0.2, 0) is 4.79 Å². The number of carbonyl (C=O) groups is 1. The van der Waals surface area contributed by atoms with Gasteiger partial charge in [0, 0.05) is 23.7 Å². The van der Waals surface area contributed by atoms with Crippen molar-refractivity contribution in [3.63, 3.8) is 0 Å². The molecule has 20 heavy (non-hydrogen) atoms. The molecule has 116 valence electrons. The molecule has 2 saturated carbocycles. The van der Waals surface area contributed by atoms with E-state index < -0.39 is 41.2 Å². The molecule has 0 radical (unpaired) electrons. The van der Waals surface area contributed by atoms with E-state index in [4.69, 9.17) is 0 Å². The third-order valence-corrected chi connectivity index (χ3v) is 5.70. The van der Waals surface area contributed by atoms with Crippen molar-refractivity contribution in [2.24, 2.45) is 17.3 Å². The van der Waals surface area contributed by atoms with Gasteiger partial charge in [-0.2, -0.15) is 0 Å². The van der Waals surface area contributed by atoms with Crippen molar-refractivity contribution in [2.45, 2.75) is 63.8 Å². The van der Waals surface area contributed by atoms with Gasteiger partial charge in [0.15, 0.2) is 0 Å². The average molecular weight is 286 g/mol. The zero-order valence-electron chi connectivity index (χ0n) is 12.5. The van der Waals surface area contributed by atoms with Crippen molar-refractivity contribution >= 4 is 5.78 Å². The van der Waals surface area contributed by atoms with Gasteiger partial charge in [0.25, 0.3) is 0 Å². The quantitative estimate of drug-likeness (QED) is 0.583. The van der Waals surface area contributed by atoms with Gasteiger partial charge in [0.2, 0.25) is 0 Å². The maximum atomic E-state index is 12.3. The molecule has 0 bridgehead atoms. The third-order valence-electron chi connectivity index (χ3n) is 5.70. The molecule has 0 aromatic heterocycles. The van der Waals surface area contributed by atoms with Crippen LogP contribution in [0.1, 0.15) is 46.5 Å². The Hall–Kier alpha value is -0.490. The second kappa shape index (κ2) is 4.77. The topological polar surface area (TPSA) is 98.0 Å². The van der Waals surface area contributed by atoms with E-state index in [9.17, 15) is 25.2 Å². The SMILES string of the molecule is C[C@]1(O)CCC(=O)[C@]2(C)CC[C@@H]([C@](C)(O)CO)[C@@H](O)[C@@H]12. The summed E-state index contributed by atoms with van der Waals surface area (Å²) in [5.74, 6) is -1.06. The van der Waals surface area contributed by atoms with E-state index in [-0.39, 0.29) is 5.78 Å². The van der Waals surface area contributed by atoms with Gasteiger partial charge in [-0.15, -0.1) is 0 Å². The van der Waals surface area contributed by atoms with Crippen LogP contribution in [0.3, 0.4) is 0 Å². The van der Waals surface area contributed by atoms with Crippen molar-refractivity contribution in [1.82, 2.24) is 0 Å². The van der Waals surface area contributed by atoms with Crippen LogP contribution in [-0.4, -0.2) is 50.1 Å². The van der Waals surface area contributed by atoms with Crippen molar-refractivity contribution in [1.29, 1.82) is 0 Å². The summed E-state index contributed by atoms with van der Waals surface area (Å²) in [6.45, 7) is 4.50. The largest absolute Gasteiger partial charge is 0.393 e. The molecule has 0 amide bonds. The molecule has 0 heterocycles. The van der Waals surface area contributed by atoms with Gasteiger partial charge in [-0.05, 0) is 33.1 Å². The van der Waals surface area contributed by atoms with Crippen LogP contribution < -0.4 is 0 Å². The van der Waals surface area contributed by atoms with Gasteiger partial charge in [-0.25, -0.2) is 0 Å². The minimum atomic E-state index is -1.41. The lowest BCUT2D eigenvalue weighted by Gasteiger charge is -2.56. The first-order chi connectivity index (χ1) is 9.06. The van der Waals surface area contributed by atoms with Crippen LogP contribution in [0.4, 0.5) is 0 Å². The van der Waals surface area contributed by atoms with E-state index in [0.29, 0.717) is 25.7 Å². The Kier molecular flexibility index (Phi) is 3.79. The van der Waals surface area contributed by atoms with Crippen LogP contribution in [0.15, 0.2) is 0 Å². The van der Waals surface area contributed by atoms with E-state index in [0.717, 1.165) is 0 Å². The maximum absolute atomic E-state index is 12.3. The first-order valence-electron chi connectivity index (χ1n) is 7.33. The minimum absolute atomic E-state index is 0.0789. The summed E-state index contributed by atoms with van der Waals surface area (Å²) in [4.78, 5) is 12.3. The molecule has 6 atom stereocenters. The molecule has 0 aromatic carbocycles. The number of aliphatic hydroxyl groups excluding tert-OH is 2. The molecule has 2 aliphatic carbocycles. The van der Waals surface area contributed by atoms with E-state index >= 15 is 0 Å². The molecule has 0 aliphatic heterocycles. The Morgan fingerprint density at radius 3 is 2.50 bits per heavy atom. The summed E-state index contributed by atoms with van der Waals surface area (Å²) in [5, 5.41) is 40.9. The Balaban J connectivity index is 2.39. The van der Waals surface area contributed by atoms with Gasteiger partial charge < -0.3 is 20.4 Å². The van der Waals surface area contributed by atoms with Gasteiger partial charge in [0.05, 0.1) is 23.9 Å². The van der Waals surface area contributed by atoms with Gasteiger partial charge in [-0.3, -0.25) is 4.79 Å².